The Hall–Kier alpha value is -2.66. The first-order chi connectivity index (χ1) is 14.2. The highest BCUT2D eigenvalue weighted by Crippen LogP contribution is 2.27. The third-order valence-electron chi connectivity index (χ3n) is 6.34. The van der Waals surface area contributed by atoms with Crippen molar-refractivity contribution in [1.82, 2.24) is 10.2 Å². The molecular formula is C24H30N4O. The van der Waals surface area contributed by atoms with Gasteiger partial charge in [-0.05, 0) is 55.0 Å². The minimum Gasteiger partial charge on any atom is -0.388 e. The monoisotopic (exact) mass is 390 g/mol. The van der Waals surface area contributed by atoms with Crippen molar-refractivity contribution in [2.75, 3.05) is 32.0 Å². The number of hydrogen-bond acceptors (Lipinski definition) is 4. The maximum atomic E-state index is 12.7. The minimum absolute atomic E-state index is 0.111. The predicted octanol–water partition coefficient (Wildman–Crippen LogP) is 3.48. The second kappa shape index (κ2) is 8.78. The Morgan fingerprint density at radius 3 is 2.59 bits per heavy atom. The second-order valence-corrected chi connectivity index (χ2v) is 8.06. The molecule has 3 N–H and O–H groups in total. The lowest BCUT2D eigenvalue weighted by molar-refractivity contribution is 0.0959. The Morgan fingerprint density at radius 1 is 1.10 bits per heavy atom. The van der Waals surface area contributed by atoms with Gasteiger partial charge in [0.25, 0.3) is 5.91 Å². The molecule has 2 aromatic rings. The van der Waals surface area contributed by atoms with Crippen LogP contribution in [0.25, 0.3) is 0 Å². The summed E-state index contributed by atoms with van der Waals surface area (Å²) < 4.78 is 0. The molecule has 1 amide bonds. The van der Waals surface area contributed by atoms with Gasteiger partial charge in [0.05, 0.1) is 12.3 Å². The second-order valence-electron chi connectivity index (χ2n) is 8.06. The molecule has 5 nitrogen and oxygen atoms in total. The first-order valence-electron chi connectivity index (χ1n) is 10.6. The number of para-hydroxylation sites is 1. The van der Waals surface area contributed by atoms with Crippen LogP contribution in [0.3, 0.4) is 0 Å². The molecule has 5 heteroatoms. The van der Waals surface area contributed by atoms with Gasteiger partial charge in [-0.15, -0.1) is 0 Å². The SMILES string of the molecule is CNc1ccccc1C(=N)CNC(=O)c1ccc2c(c1)CCN(C1CCC1)CC2. The van der Waals surface area contributed by atoms with Gasteiger partial charge in [0.15, 0.2) is 0 Å². The maximum Gasteiger partial charge on any atom is 0.251 e. The Labute approximate surface area is 173 Å². The van der Waals surface area contributed by atoms with E-state index in [0.717, 1.165) is 43.2 Å². The Morgan fingerprint density at radius 2 is 1.86 bits per heavy atom. The maximum absolute atomic E-state index is 12.7. The molecule has 1 aliphatic carbocycles. The normalized spacial score (nSPS) is 17.0. The molecule has 0 aromatic heterocycles. The minimum atomic E-state index is -0.111. The van der Waals surface area contributed by atoms with Crippen LogP contribution in [-0.4, -0.2) is 49.2 Å². The molecule has 152 valence electrons. The zero-order valence-electron chi connectivity index (χ0n) is 17.1. The number of benzene rings is 2. The number of fused-ring (bicyclic) bond motifs is 1. The summed E-state index contributed by atoms with van der Waals surface area (Å²) in [6.07, 6.45) is 6.13. The van der Waals surface area contributed by atoms with Crippen molar-refractivity contribution in [1.29, 1.82) is 5.41 Å². The Balaban J connectivity index is 1.38. The molecule has 0 spiro atoms. The van der Waals surface area contributed by atoms with Crippen molar-refractivity contribution in [3.63, 3.8) is 0 Å². The van der Waals surface area contributed by atoms with Gasteiger partial charge in [0.2, 0.25) is 0 Å². The molecule has 1 fully saturated rings. The molecule has 0 radical (unpaired) electrons. The van der Waals surface area contributed by atoms with E-state index in [9.17, 15) is 4.79 Å². The van der Waals surface area contributed by atoms with E-state index in [4.69, 9.17) is 5.41 Å². The summed E-state index contributed by atoms with van der Waals surface area (Å²) in [5.41, 5.74) is 5.47. The molecular weight excluding hydrogens is 360 g/mol. The van der Waals surface area contributed by atoms with E-state index in [1.165, 1.54) is 30.4 Å². The third-order valence-corrected chi connectivity index (χ3v) is 6.34. The lowest BCUT2D eigenvalue weighted by atomic mass is 9.91. The fraction of sp³-hybridized carbons (Fsp3) is 0.417. The number of nitrogens with one attached hydrogen (secondary N) is 3. The van der Waals surface area contributed by atoms with Gasteiger partial charge in [-0.1, -0.05) is 30.7 Å². The van der Waals surface area contributed by atoms with Crippen molar-refractivity contribution in [2.45, 2.75) is 38.1 Å². The van der Waals surface area contributed by atoms with Gasteiger partial charge < -0.3 is 16.0 Å². The summed E-state index contributed by atoms with van der Waals surface area (Å²) in [7, 11) is 1.84. The van der Waals surface area contributed by atoms with Crippen LogP contribution in [-0.2, 0) is 12.8 Å². The van der Waals surface area contributed by atoms with Crippen LogP contribution in [0.1, 0.15) is 46.3 Å². The van der Waals surface area contributed by atoms with Gasteiger partial charge in [-0.2, -0.15) is 0 Å². The molecule has 1 aliphatic heterocycles. The van der Waals surface area contributed by atoms with E-state index < -0.39 is 0 Å². The molecule has 2 aliphatic rings. The largest absolute Gasteiger partial charge is 0.388 e. The smallest absolute Gasteiger partial charge is 0.251 e. The van der Waals surface area contributed by atoms with E-state index in [0.29, 0.717) is 11.3 Å². The fourth-order valence-electron chi connectivity index (χ4n) is 4.33. The third kappa shape index (κ3) is 4.35. The number of carbonyl (C=O) groups excluding carboxylic acids is 1. The van der Waals surface area contributed by atoms with Crippen molar-refractivity contribution in [2.24, 2.45) is 0 Å². The summed E-state index contributed by atoms with van der Waals surface area (Å²) in [6, 6.07) is 14.6. The summed E-state index contributed by atoms with van der Waals surface area (Å²) in [4.78, 5) is 15.3. The zero-order chi connectivity index (χ0) is 20.2. The Bertz CT molecular complexity index is 904. The van der Waals surface area contributed by atoms with E-state index in [2.05, 4.69) is 27.7 Å². The molecule has 2 aromatic carbocycles. The molecule has 0 atom stereocenters. The summed E-state index contributed by atoms with van der Waals surface area (Å²) in [6.45, 7) is 2.43. The molecule has 0 bridgehead atoms. The average Bonchev–Trinajstić information content (AvgIpc) is 2.92. The van der Waals surface area contributed by atoms with Crippen LogP contribution in [0, 0.1) is 5.41 Å². The number of nitrogens with zero attached hydrogens (tertiary/aromatic N) is 1. The molecule has 0 unspecified atom stereocenters. The first-order valence-corrected chi connectivity index (χ1v) is 10.6. The van der Waals surface area contributed by atoms with E-state index in [-0.39, 0.29) is 12.5 Å². The van der Waals surface area contributed by atoms with Gasteiger partial charge in [0, 0.05) is 43.0 Å². The summed E-state index contributed by atoms with van der Waals surface area (Å²) in [5.74, 6) is -0.111. The number of anilines is 1. The highest BCUT2D eigenvalue weighted by Gasteiger charge is 2.26. The van der Waals surface area contributed by atoms with Gasteiger partial charge in [-0.3, -0.25) is 9.69 Å². The van der Waals surface area contributed by atoms with Crippen molar-refractivity contribution in [3.05, 3.63) is 64.7 Å². The molecule has 29 heavy (non-hydrogen) atoms. The number of carbonyl (C=O) groups is 1. The molecule has 1 saturated carbocycles. The number of hydrogen-bond donors (Lipinski definition) is 3. The standard InChI is InChI=1S/C24H30N4O/c1-26-23-8-3-2-7-21(23)22(25)16-27-24(29)19-10-9-17-11-13-28(20-5-4-6-20)14-12-18(17)15-19/h2-3,7-10,15,20,25-26H,4-6,11-14,16H2,1H3,(H,27,29). The lowest BCUT2D eigenvalue weighted by Crippen LogP contribution is -2.41. The zero-order valence-corrected chi connectivity index (χ0v) is 17.1. The van der Waals surface area contributed by atoms with Crippen LogP contribution in [0.4, 0.5) is 5.69 Å². The van der Waals surface area contributed by atoms with Crippen molar-refractivity contribution < 1.29 is 4.79 Å². The lowest BCUT2D eigenvalue weighted by Gasteiger charge is -2.36. The van der Waals surface area contributed by atoms with Crippen LogP contribution < -0.4 is 10.6 Å². The predicted molar refractivity (Wildman–Crippen MR) is 118 cm³/mol. The molecule has 0 saturated heterocycles. The summed E-state index contributed by atoms with van der Waals surface area (Å²) >= 11 is 0. The number of amides is 1. The first kappa shape index (κ1) is 19.6. The quantitative estimate of drug-likeness (QED) is 0.662. The molecule has 1 heterocycles. The van der Waals surface area contributed by atoms with Crippen LogP contribution in [0.15, 0.2) is 42.5 Å². The topological polar surface area (TPSA) is 68.2 Å². The highest BCUT2D eigenvalue weighted by molar-refractivity contribution is 6.06. The van der Waals surface area contributed by atoms with Gasteiger partial charge >= 0.3 is 0 Å². The molecule has 4 rings (SSSR count). The van der Waals surface area contributed by atoms with E-state index >= 15 is 0 Å². The highest BCUT2D eigenvalue weighted by atomic mass is 16.1. The Kier molecular flexibility index (Phi) is 5.95. The van der Waals surface area contributed by atoms with Gasteiger partial charge in [-0.25, -0.2) is 0 Å². The number of rotatable bonds is 6. The van der Waals surface area contributed by atoms with Crippen LogP contribution in [0.2, 0.25) is 0 Å². The average molecular weight is 391 g/mol. The van der Waals surface area contributed by atoms with Crippen molar-refractivity contribution in [3.8, 4) is 0 Å². The van der Waals surface area contributed by atoms with E-state index in [1.807, 2.05) is 37.4 Å². The van der Waals surface area contributed by atoms with Crippen molar-refractivity contribution >= 4 is 17.3 Å². The van der Waals surface area contributed by atoms with Crippen LogP contribution in [0.5, 0.6) is 0 Å². The van der Waals surface area contributed by atoms with E-state index in [1.54, 1.807) is 0 Å². The van der Waals surface area contributed by atoms with Gasteiger partial charge in [0.1, 0.15) is 0 Å². The fourth-order valence-corrected chi connectivity index (χ4v) is 4.33. The summed E-state index contributed by atoms with van der Waals surface area (Å²) in [5, 5.41) is 14.3. The van der Waals surface area contributed by atoms with Crippen LogP contribution >= 0.6 is 0 Å².